The van der Waals surface area contributed by atoms with Crippen molar-refractivity contribution in [3.63, 3.8) is 0 Å². The van der Waals surface area contributed by atoms with Gasteiger partial charge in [0.15, 0.2) is 0 Å². The fourth-order valence-electron chi connectivity index (χ4n) is 2.71. The van der Waals surface area contributed by atoms with Crippen LogP contribution in [0.25, 0.3) is 0 Å². The van der Waals surface area contributed by atoms with Crippen molar-refractivity contribution in [2.45, 2.75) is 45.2 Å². The van der Waals surface area contributed by atoms with Gasteiger partial charge in [0.2, 0.25) is 0 Å². The van der Waals surface area contributed by atoms with Crippen molar-refractivity contribution in [3.8, 4) is 0 Å². The zero-order valence-corrected chi connectivity index (χ0v) is 12.2. The largest absolute Gasteiger partial charge is 0.309 e. The fourth-order valence-corrected chi connectivity index (χ4v) is 2.71. The van der Waals surface area contributed by atoms with Crippen molar-refractivity contribution < 1.29 is 4.39 Å². The van der Waals surface area contributed by atoms with E-state index in [1.54, 1.807) is 13.0 Å². The zero-order valence-electron chi connectivity index (χ0n) is 12.2. The van der Waals surface area contributed by atoms with E-state index in [4.69, 9.17) is 0 Å². The lowest BCUT2D eigenvalue weighted by atomic mass is 10.0. The number of benzene rings is 1. The summed E-state index contributed by atoms with van der Waals surface area (Å²) in [5.74, 6) is -0.110. The molecule has 0 bridgehead atoms. The van der Waals surface area contributed by atoms with Gasteiger partial charge in [-0.25, -0.2) is 4.39 Å². The Labute approximate surface area is 116 Å². The number of halogens is 1. The summed E-state index contributed by atoms with van der Waals surface area (Å²) in [5.41, 5.74) is 1.74. The Bertz CT molecular complexity index is 419. The van der Waals surface area contributed by atoms with Crippen LogP contribution in [0.4, 0.5) is 4.39 Å². The number of likely N-dealkylation sites (N-methyl/N-ethyl adjacent to an activating group) is 1. The van der Waals surface area contributed by atoms with E-state index in [1.807, 2.05) is 12.1 Å². The average molecular weight is 264 g/mol. The first-order valence-corrected chi connectivity index (χ1v) is 7.27. The van der Waals surface area contributed by atoms with Gasteiger partial charge in [-0.1, -0.05) is 18.6 Å². The Kier molecular flexibility index (Phi) is 4.94. The molecule has 2 nitrogen and oxygen atoms in total. The first-order chi connectivity index (χ1) is 9.08. The Morgan fingerprint density at radius 2 is 2.21 bits per heavy atom. The third-order valence-corrected chi connectivity index (χ3v) is 4.28. The maximum atomic E-state index is 13.6. The highest BCUT2D eigenvalue weighted by molar-refractivity contribution is 5.25. The third-order valence-electron chi connectivity index (χ3n) is 4.28. The SMILES string of the molecule is Cc1ccc(C(C)NCC2CCCCN2C)cc1F. The Hall–Kier alpha value is -0.930. The predicted octanol–water partition coefficient (Wildman–Crippen LogP) is 3.27. The lowest BCUT2D eigenvalue weighted by Crippen LogP contribution is -2.43. The van der Waals surface area contributed by atoms with Crippen molar-refractivity contribution in [3.05, 3.63) is 35.1 Å². The second-order valence-corrected chi connectivity index (χ2v) is 5.77. The highest BCUT2D eigenvalue weighted by atomic mass is 19.1. The van der Waals surface area contributed by atoms with Crippen molar-refractivity contribution >= 4 is 0 Å². The maximum Gasteiger partial charge on any atom is 0.126 e. The predicted molar refractivity (Wildman–Crippen MR) is 77.8 cm³/mol. The third kappa shape index (κ3) is 3.77. The molecule has 1 aliphatic rings. The van der Waals surface area contributed by atoms with Crippen LogP contribution in [0.15, 0.2) is 18.2 Å². The van der Waals surface area contributed by atoms with Gasteiger partial charge >= 0.3 is 0 Å². The molecule has 0 amide bonds. The van der Waals surface area contributed by atoms with Gasteiger partial charge in [0.1, 0.15) is 5.82 Å². The van der Waals surface area contributed by atoms with Crippen LogP contribution >= 0.6 is 0 Å². The van der Waals surface area contributed by atoms with Crippen LogP contribution in [0, 0.1) is 12.7 Å². The summed E-state index contributed by atoms with van der Waals surface area (Å²) >= 11 is 0. The van der Waals surface area contributed by atoms with E-state index in [2.05, 4.69) is 24.2 Å². The highest BCUT2D eigenvalue weighted by Gasteiger charge is 2.19. The van der Waals surface area contributed by atoms with E-state index in [0.29, 0.717) is 11.6 Å². The van der Waals surface area contributed by atoms with Crippen molar-refractivity contribution in [1.29, 1.82) is 0 Å². The van der Waals surface area contributed by atoms with Gasteiger partial charge in [-0.05, 0) is 57.5 Å². The van der Waals surface area contributed by atoms with E-state index in [1.165, 1.54) is 25.8 Å². The standard InChI is InChI=1S/C16H25FN2/c1-12-7-8-14(10-16(12)17)13(2)18-11-15-6-4-5-9-19(15)3/h7-8,10,13,15,18H,4-6,9,11H2,1-3H3. The number of hydrogen-bond acceptors (Lipinski definition) is 2. The van der Waals surface area contributed by atoms with E-state index in [9.17, 15) is 4.39 Å². The van der Waals surface area contributed by atoms with Crippen LogP contribution in [0.2, 0.25) is 0 Å². The van der Waals surface area contributed by atoms with Crippen LogP contribution in [-0.2, 0) is 0 Å². The van der Waals surface area contributed by atoms with Crippen LogP contribution in [0.3, 0.4) is 0 Å². The summed E-state index contributed by atoms with van der Waals surface area (Å²) in [6, 6.07) is 6.34. The molecule has 0 aromatic heterocycles. The summed E-state index contributed by atoms with van der Waals surface area (Å²) in [6.07, 6.45) is 3.90. The minimum Gasteiger partial charge on any atom is -0.309 e. The molecule has 0 aliphatic carbocycles. The molecule has 1 saturated heterocycles. The summed E-state index contributed by atoms with van der Waals surface area (Å²) in [5, 5.41) is 3.54. The van der Waals surface area contributed by atoms with E-state index < -0.39 is 0 Å². The number of nitrogens with one attached hydrogen (secondary N) is 1. The van der Waals surface area contributed by atoms with Gasteiger partial charge in [-0.3, -0.25) is 0 Å². The molecule has 106 valence electrons. The molecule has 0 radical (unpaired) electrons. The quantitative estimate of drug-likeness (QED) is 0.898. The lowest BCUT2D eigenvalue weighted by Gasteiger charge is -2.33. The molecule has 2 atom stereocenters. The van der Waals surface area contributed by atoms with Gasteiger partial charge in [0, 0.05) is 18.6 Å². The highest BCUT2D eigenvalue weighted by Crippen LogP contribution is 2.18. The molecule has 2 unspecified atom stereocenters. The van der Waals surface area contributed by atoms with Gasteiger partial charge in [0.25, 0.3) is 0 Å². The van der Waals surface area contributed by atoms with Crippen LogP contribution in [0.1, 0.15) is 43.4 Å². The van der Waals surface area contributed by atoms with E-state index >= 15 is 0 Å². The number of aryl methyl sites for hydroxylation is 1. The monoisotopic (exact) mass is 264 g/mol. The molecule has 19 heavy (non-hydrogen) atoms. The molecule has 3 heteroatoms. The Morgan fingerprint density at radius 1 is 1.42 bits per heavy atom. The molecular weight excluding hydrogens is 239 g/mol. The molecule has 2 rings (SSSR count). The smallest absolute Gasteiger partial charge is 0.126 e. The molecule has 1 N–H and O–H groups in total. The molecule has 1 fully saturated rings. The van der Waals surface area contributed by atoms with Gasteiger partial charge in [-0.2, -0.15) is 0 Å². The maximum absolute atomic E-state index is 13.6. The Balaban J connectivity index is 1.89. The number of piperidine rings is 1. The summed E-state index contributed by atoms with van der Waals surface area (Å²) < 4.78 is 13.6. The molecule has 0 saturated carbocycles. The van der Waals surface area contributed by atoms with Crippen LogP contribution < -0.4 is 5.32 Å². The summed E-state index contributed by atoms with van der Waals surface area (Å²) in [4.78, 5) is 2.43. The fraction of sp³-hybridized carbons (Fsp3) is 0.625. The van der Waals surface area contributed by atoms with Crippen LogP contribution in [-0.4, -0.2) is 31.1 Å². The first kappa shape index (κ1) is 14.5. The molecule has 0 spiro atoms. The topological polar surface area (TPSA) is 15.3 Å². The van der Waals surface area contributed by atoms with Gasteiger partial charge < -0.3 is 10.2 Å². The Morgan fingerprint density at radius 3 is 2.89 bits per heavy atom. The molecule has 1 aliphatic heterocycles. The zero-order chi connectivity index (χ0) is 13.8. The number of nitrogens with zero attached hydrogens (tertiary/aromatic N) is 1. The minimum atomic E-state index is -0.110. The average Bonchev–Trinajstić information content (AvgIpc) is 2.40. The summed E-state index contributed by atoms with van der Waals surface area (Å²) in [7, 11) is 2.20. The summed E-state index contributed by atoms with van der Waals surface area (Å²) in [6.45, 7) is 6.08. The van der Waals surface area contributed by atoms with E-state index in [0.717, 1.165) is 12.1 Å². The normalized spacial score (nSPS) is 22.4. The molecule has 1 aromatic carbocycles. The molecule has 1 heterocycles. The number of likely N-dealkylation sites (tertiary alicyclic amines) is 1. The number of hydrogen-bond donors (Lipinski definition) is 1. The van der Waals surface area contributed by atoms with Gasteiger partial charge in [0.05, 0.1) is 0 Å². The number of rotatable bonds is 4. The van der Waals surface area contributed by atoms with Crippen molar-refractivity contribution in [2.24, 2.45) is 0 Å². The van der Waals surface area contributed by atoms with Crippen molar-refractivity contribution in [1.82, 2.24) is 10.2 Å². The second kappa shape index (κ2) is 6.49. The molecule has 1 aromatic rings. The lowest BCUT2D eigenvalue weighted by molar-refractivity contribution is 0.178. The first-order valence-electron chi connectivity index (χ1n) is 7.27. The van der Waals surface area contributed by atoms with Gasteiger partial charge in [-0.15, -0.1) is 0 Å². The second-order valence-electron chi connectivity index (χ2n) is 5.77. The van der Waals surface area contributed by atoms with Crippen LogP contribution in [0.5, 0.6) is 0 Å². The van der Waals surface area contributed by atoms with E-state index in [-0.39, 0.29) is 11.9 Å². The minimum absolute atomic E-state index is 0.110. The molecular formula is C16H25FN2. The van der Waals surface area contributed by atoms with Crippen molar-refractivity contribution in [2.75, 3.05) is 20.1 Å².